The van der Waals surface area contributed by atoms with Crippen LogP contribution in [0.15, 0.2) is 59.1 Å². The fourth-order valence-corrected chi connectivity index (χ4v) is 2.21. The third kappa shape index (κ3) is 2.99. The minimum atomic E-state index is -0.0705. The predicted octanol–water partition coefficient (Wildman–Crippen LogP) is 3.94. The maximum atomic E-state index is 12.1. The predicted molar refractivity (Wildman–Crippen MR) is 76.5 cm³/mol. The minimum Gasteiger partial charge on any atom is -0.345 e. The molecule has 18 heavy (non-hydrogen) atoms. The Bertz CT molecular complexity index is 539. The monoisotopic (exact) mass is 303 g/mol. The average molecular weight is 304 g/mol. The van der Waals surface area contributed by atoms with Crippen molar-refractivity contribution in [3.63, 3.8) is 0 Å². The van der Waals surface area contributed by atoms with Crippen LogP contribution in [-0.2, 0) is 0 Å². The molecule has 0 bridgehead atoms. The van der Waals surface area contributed by atoms with Crippen molar-refractivity contribution in [3.05, 3.63) is 70.2 Å². The summed E-state index contributed by atoms with van der Waals surface area (Å²) in [4.78, 5) is 12.1. The van der Waals surface area contributed by atoms with Gasteiger partial charge in [-0.05, 0) is 40.5 Å². The number of nitrogens with one attached hydrogen (secondary N) is 1. The van der Waals surface area contributed by atoms with Crippen molar-refractivity contribution in [2.24, 2.45) is 0 Å². The molecule has 0 unspecified atom stereocenters. The van der Waals surface area contributed by atoms with E-state index in [1.54, 1.807) is 6.07 Å². The molecule has 1 amide bonds. The van der Waals surface area contributed by atoms with Crippen LogP contribution >= 0.6 is 15.9 Å². The standard InChI is InChI=1S/C15H14BrNO/c1-11(12-7-3-2-4-8-12)17-15(18)13-9-5-6-10-14(13)16/h2-11H,1H3,(H,17,18)/t11-/m1/s1. The Kier molecular flexibility index (Phi) is 4.15. The Morgan fingerprint density at radius 2 is 1.67 bits per heavy atom. The Labute approximate surface area is 115 Å². The molecule has 0 radical (unpaired) electrons. The molecule has 0 spiro atoms. The average Bonchev–Trinajstić information content (AvgIpc) is 2.40. The quantitative estimate of drug-likeness (QED) is 0.914. The molecule has 1 atom stereocenters. The maximum absolute atomic E-state index is 12.1. The lowest BCUT2D eigenvalue weighted by molar-refractivity contribution is 0.0939. The molecule has 0 heterocycles. The normalized spacial score (nSPS) is 11.9. The van der Waals surface area contributed by atoms with Gasteiger partial charge in [-0.3, -0.25) is 4.79 Å². The molecule has 0 aliphatic heterocycles. The van der Waals surface area contributed by atoms with Crippen LogP contribution < -0.4 is 5.32 Å². The van der Waals surface area contributed by atoms with E-state index in [1.165, 1.54) is 0 Å². The lowest BCUT2D eigenvalue weighted by Crippen LogP contribution is -2.26. The van der Waals surface area contributed by atoms with Gasteiger partial charge in [0.2, 0.25) is 0 Å². The second-order valence-corrected chi connectivity index (χ2v) is 4.94. The van der Waals surface area contributed by atoms with Crippen molar-refractivity contribution >= 4 is 21.8 Å². The molecule has 2 rings (SSSR count). The number of carbonyl (C=O) groups is 1. The van der Waals surface area contributed by atoms with E-state index in [2.05, 4.69) is 21.2 Å². The zero-order valence-corrected chi connectivity index (χ0v) is 11.6. The Balaban J connectivity index is 2.11. The van der Waals surface area contributed by atoms with Gasteiger partial charge in [-0.1, -0.05) is 42.5 Å². The maximum Gasteiger partial charge on any atom is 0.252 e. The van der Waals surface area contributed by atoms with E-state index in [9.17, 15) is 4.79 Å². The number of hydrogen-bond acceptors (Lipinski definition) is 1. The first-order valence-corrected chi connectivity index (χ1v) is 6.58. The largest absolute Gasteiger partial charge is 0.345 e. The van der Waals surface area contributed by atoms with E-state index in [0.29, 0.717) is 5.56 Å². The van der Waals surface area contributed by atoms with Gasteiger partial charge in [0, 0.05) is 4.47 Å². The highest BCUT2D eigenvalue weighted by atomic mass is 79.9. The second-order valence-electron chi connectivity index (χ2n) is 4.09. The van der Waals surface area contributed by atoms with Crippen LogP contribution in [0.2, 0.25) is 0 Å². The SMILES string of the molecule is C[C@@H](NC(=O)c1ccccc1Br)c1ccccc1. The zero-order chi connectivity index (χ0) is 13.0. The number of hydrogen-bond donors (Lipinski definition) is 1. The van der Waals surface area contributed by atoms with Crippen LogP contribution in [0.25, 0.3) is 0 Å². The number of amides is 1. The molecule has 0 fully saturated rings. The van der Waals surface area contributed by atoms with Crippen LogP contribution in [0.1, 0.15) is 28.9 Å². The number of rotatable bonds is 3. The van der Waals surface area contributed by atoms with Crippen LogP contribution in [0.4, 0.5) is 0 Å². The number of carbonyl (C=O) groups excluding carboxylic acids is 1. The van der Waals surface area contributed by atoms with E-state index in [-0.39, 0.29) is 11.9 Å². The van der Waals surface area contributed by atoms with Crippen molar-refractivity contribution in [3.8, 4) is 0 Å². The highest BCUT2D eigenvalue weighted by molar-refractivity contribution is 9.10. The molecular formula is C15H14BrNO. The summed E-state index contributed by atoms with van der Waals surface area (Å²) in [6, 6.07) is 17.3. The Morgan fingerprint density at radius 1 is 1.06 bits per heavy atom. The zero-order valence-electron chi connectivity index (χ0n) is 10.1. The molecule has 0 saturated carbocycles. The van der Waals surface area contributed by atoms with Gasteiger partial charge in [0.1, 0.15) is 0 Å². The van der Waals surface area contributed by atoms with Crippen LogP contribution in [0.3, 0.4) is 0 Å². The number of halogens is 1. The lowest BCUT2D eigenvalue weighted by Gasteiger charge is -2.14. The summed E-state index contributed by atoms with van der Waals surface area (Å²) in [7, 11) is 0. The minimum absolute atomic E-state index is 0.00851. The molecule has 2 aromatic rings. The van der Waals surface area contributed by atoms with Gasteiger partial charge in [-0.25, -0.2) is 0 Å². The van der Waals surface area contributed by atoms with E-state index in [4.69, 9.17) is 0 Å². The summed E-state index contributed by atoms with van der Waals surface area (Å²) in [5.41, 5.74) is 1.75. The van der Waals surface area contributed by atoms with E-state index < -0.39 is 0 Å². The van der Waals surface area contributed by atoms with E-state index in [0.717, 1.165) is 10.0 Å². The fraction of sp³-hybridized carbons (Fsp3) is 0.133. The summed E-state index contributed by atoms with van der Waals surface area (Å²) in [5, 5.41) is 2.98. The molecule has 1 N–H and O–H groups in total. The van der Waals surface area contributed by atoms with Crippen LogP contribution in [-0.4, -0.2) is 5.91 Å². The molecule has 0 aliphatic carbocycles. The molecular weight excluding hydrogens is 290 g/mol. The summed E-state index contributed by atoms with van der Waals surface area (Å²) in [6.45, 7) is 1.98. The third-order valence-corrected chi connectivity index (χ3v) is 3.46. The smallest absolute Gasteiger partial charge is 0.252 e. The molecule has 2 aromatic carbocycles. The highest BCUT2D eigenvalue weighted by Gasteiger charge is 2.12. The molecule has 2 nitrogen and oxygen atoms in total. The molecule has 0 aromatic heterocycles. The first-order chi connectivity index (χ1) is 8.68. The topological polar surface area (TPSA) is 29.1 Å². The lowest BCUT2D eigenvalue weighted by atomic mass is 10.1. The summed E-state index contributed by atoms with van der Waals surface area (Å²) >= 11 is 3.38. The first-order valence-electron chi connectivity index (χ1n) is 5.79. The van der Waals surface area contributed by atoms with Crippen molar-refractivity contribution in [2.45, 2.75) is 13.0 Å². The van der Waals surface area contributed by atoms with Crippen molar-refractivity contribution in [1.29, 1.82) is 0 Å². The molecule has 92 valence electrons. The first kappa shape index (κ1) is 12.8. The van der Waals surface area contributed by atoms with Crippen molar-refractivity contribution in [2.75, 3.05) is 0 Å². The Morgan fingerprint density at radius 3 is 2.33 bits per heavy atom. The molecule has 0 aliphatic rings. The van der Waals surface area contributed by atoms with Crippen LogP contribution in [0.5, 0.6) is 0 Å². The second kappa shape index (κ2) is 5.83. The highest BCUT2D eigenvalue weighted by Crippen LogP contribution is 2.18. The molecule has 0 saturated heterocycles. The van der Waals surface area contributed by atoms with Crippen molar-refractivity contribution in [1.82, 2.24) is 5.32 Å². The van der Waals surface area contributed by atoms with Crippen LogP contribution in [0, 0.1) is 0 Å². The Hall–Kier alpha value is -1.61. The van der Waals surface area contributed by atoms with E-state index in [1.807, 2.05) is 55.5 Å². The van der Waals surface area contributed by atoms with Gasteiger partial charge in [0.05, 0.1) is 11.6 Å². The van der Waals surface area contributed by atoms with Gasteiger partial charge in [0.25, 0.3) is 5.91 Å². The summed E-state index contributed by atoms with van der Waals surface area (Å²) in [6.07, 6.45) is 0. The number of benzene rings is 2. The van der Waals surface area contributed by atoms with Gasteiger partial charge in [-0.2, -0.15) is 0 Å². The van der Waals surface area contributed by atoms with Gasteiger partial charge >= 0.3 is 0 Å². The summed E-state index contributed by atoms with van der Waals surface area (Å²) in [5.74, 6) is -0.0705. The van der Waals surface area contributed by atoms with Gasteiger partial charge in [-0.15, -0.1) is 0 Å². The summed E-state index contributed by atoms with van der Waals surface area (Å²) < 4.78 is 0.808. The van der Waals surface area contributed by atoms with Gasteiger partial charge < -0.3 is 5.32 Å². The van der Waals surface area contributed by atoms with E-state index >= 15 is 0 Å². The molecule has 3 heteroatoms. The fourth-order valence-electron chi connectivity index (χ4n) is 1.74. The third-order valence-electron chi connectivity index (χ3n) is 2.77. The van der Waals surface area contributed by atoms with Gasteiger partial charge in [0.15, 0.2) is 0 Å². The van der Waals surface area contributed by atoms with Crippen molar-refractivity contribution < 1.29 is 4.79 Å².